The van der Waals surface area contributed by atoms with Crippen molar-refractivity contribution in [3.8, 4) is 0 Å². The molecule has 2 saturated heterocycles. The number of nitrogens with one attached hydrogen (secondary N) is 1. The predicted octanol–water partition coefficient (Wildman–Crippen LogP) is 1.40. The molecule has 0 aliphatic carbocycles. The van der Waals surface area contributed by atoms with Gasteiger partial charge in [0.1, 0.15) is 0 Å². The quantitative estimate of drug-likeness (QED) is 0.878. The van der Waals surface area contributed by atoms with Crippen LogP contribution >= 0.6 is 0 Å². The van der Waals surface area contributed by atoms with E-state index in [9.17, 15) is 9.90 Å². The fraction of sp³-hybridized carbons (Fsp3) is 0.667. The van der Waals surface area contributed by atoms with E-state index in [1.807, 2.05) is 13.0 Å². The Morgan fingerprint density at radius 1 is 1.36 bits per heavy atom. The van der Waals surface area contributed by atoms with Gasteiger partial charge in [0.2, 0.25) is 0 Å². The molecule has 0 bridgehead atoms. The number of hydrogen-bond donors (Lipinski definition) is 2. The van der Waals surface area contributed by atoms with Gasteiger partial charge >= 0.3 is 0 Å². The zero-order valence-electron chi connectivity index (χ0n) is 14.7. The highest BCUT2D eigenvalue weighted by molar-refractivity contribution is 5.39. The monoisotopic (exact) mass is 346 g/mol. The molecule has 2 N–H and O–H groups in total. The first-order valence-corrected chi connectivity index (χ1v) is 9.18. The Morgan fingerprint density at radius 2 is 2.16 bits per heavy atom. The van der Waals surface area contributed by atoms with E-state index < -0.39 is 5.60 Å². The zero-order chi connectivity index (χ0) is 17.4. The van der Waals surface area contributed by atoms with E-state index in [4.69, 9.17) is 9.72 Å². The summed E-state index contributed by atoms with van der Waals surface area (Å²) in [6.07, 6.45) is 4.55. The number of aromatic amines is 1. The lowest BCUT2D eigenvalue weighted by Crippen LogP contribution is -2.49. The highest BCUT2D eigenvalue weighted by atomic mass is 16.5. The van der Waals surface area contributed by atoms with Gasteiger partial charge in [0.25, 0.3) is 5.56 Å². The molecule has 0 amide bonds. The second kappa shape index (κ2) is 6.55. The summed E-state index contributed by atoms with van der Waals surface area (Å²) in [4.78, 5) is 19.5. The van der Waals surface area contributed by atoms with Crippen LogP contribution in [0.5, 0.6) is 0 Å². The maximum Gasteiger partial charge on any atom is 0.272 e. The fourth-order valence-electron chi connectivity index (χ4n) is 4.10. The van der Waals surface area contributed by atoms with E-state index in [1.54, 1.807) is 6.07 Å². The Balaban J connectivity index is 1.63. The van der Waals surface area contributed by atoms with Gasteiger partial charge in [0, 0.05) is 50.4 Å². The molecule has 136 valence electrons. The van der Waals surface area contributed by atoms with Crippen LogP contribution in [-0.4, -0.2) is 56.5 Å². The number of nitrogens with zero attached hydrogens (tertiary/aromatic N) is 3. The van der Waals surface area contributed by atoms with Gasteiger partial charge in [-0.1, -0.05) is 6.42 Å². The average Bonchev–Trinajstić information content (AvgIpc) is 2.96. The van der Waals surface area contributed by atoms with Gasteiger partial charge in [0.15, 0.2) is 5.65 Å². The molecule has 7 nitrogen and oxygen atoms in total. The number of aryl methyl sites for hydroxylation is 1. The molecule has 0 aromatic carbocycles. The van der Waals surface area contributed by atoms with E-state index in [-0.39, 0.29) is 11.6 Å². The number of aromatic nitrogens is 3. The highest BCUT2D eigenvalue weighted by Crippen LogP contribution is 2.33. The first kappa shape index (κ1) is 16.8. The van der Waals surface area contributed by atoms with Crippen LogP contribution in [0.3, 0.4) is 0 Å². The maximum atomic E-state index is 12.4. The van der Waals surface area contributed by atoms with Gasteiger partial charge in [-0.05, 0) is 26.3 Å². The number of likely N-dealkylation sites (tertiary alicyclic amines) is 1. The molecule has 1 atom stereocenters. The number of rotatable bonds is 3. The number of β-amino-alcohol motifs (C(OH)–C–C–N with tert-alkyl or cyclic N) is 1. The minimum absolute atomic E-state index is 0.0802. The van der Waals surface area contributed by atoms with Gasteiger partial charge in [-0.25, -0.2) is 9.50 Å². The van der Waals surface area contributed by atoms with Crippen molar-refractivity contribution >= 4 is 5.65 Å². The lowest BCUT2D eigenvalue weighted by atomic mass is 9.90. The van der Waals surface area contributed by atoms with Crippen LogP contribution in [0.4, 0.5) is 0 Å². The Morgan fingerprint density at radius 3 is 2.96 bits per heavy atom. The highest BCUT2D eigenvalue weighted by Gasteiger charge is 2.36. The Kier molecular flexibility index (Phi) is 4.39. The summed E-state index contributed by atoms with van der Waals surface area (Å²) in [7, 11) is 0. The van der Waals surface area contributed by atoms with Crippen LogP contribution in [0.25, 0.3) is 5.65 Å². The molecular weight excluding hydrogens is 320 g/mol. The molecule has 2 aromatic rings. The van der Waals surface area contributed by atoms with Crippen molar-refractivity contribution in [3.05, 3.63) is 33.9 Å². The largest absolute Gasteiger partial charge is 0.388 e. The van der Waals surface area contributed by atoms with Gasteiger partial charge in [0.05, 0.1) is 17.3 Å². The topological polar surface area (TPSA) is 82.9 Å². The molecule has 0 radical (unpaired) electrons. The van der Waals surface area contributed by atoms with Crippen LogP contribution in [-0.2, 0) is 4.74 Å². The van der Waals surface area contributed by atoms with E-state index in [0.717, 1.165) is 37.2 Å². The van der Waals surface area contributed by atoms with Crippen molar-refractivity contribution in [2.24, 2.45) is 0 Å². The minimum Gasteiger partial charge on any atom is -0.388 e. The van der Waals surface area contributed by atoms with Crippen molar-refractivity contribution in [1.82, 2.24) is 19.5 Å². The van der Waals surface area contributed by atoms with Crippen LogP contribution in [0, 0.1) is 6.92 Å². The SMILES string of the molecule is Cc1cc2nc([C@@H]3CCCCN3CC3(O)CCOCC3)cc(=O)n2[nH]1. The van der Waals surface area contributed by atoms with Crippen molar-refractivity contribution in [1.29, 1.82) is 0 Å². The van der Waals surface area contributed by atoms with Crippen LogP contribution in [0.2, 0.25) is 0 Å². The third kappa shape index (κ3) is 3.36. The number of H-pyrrole nitrogens is 1. The smallest absolute Gasteiger partial charge is 0.272 e. The van der Waals surface area contributed by atoms with Crippen molar-refractivity contribution in [2.75, 3.05) is 26.3 Å². The Hall–Kier alpha value is -1.70. The van der Waals surface area contributed by atoms with Crippen molar-refractivity contribution in [2.45, 2.75) is 50.7 Å². The fourth-order valence-corrected chi connectivity index (χ4v) is 4.10. The van der Waals surface area contributed by atoms with Crippen LogP contribution in [0.1, 0.15) is 49.5 Å². The molecule has 2 aliphatic heterocycles. The number of piperidine rings is 1. The molecule has 0 saturated carbocycles. The third-order valence-corrected chi connectivity index (χ3v) is 5.47. The molecule has 0 spiro atoms. The molecule has 4 heterocycles. The summed E-state index contributed by atoms with van der Waals surface area (Å²) in [6.45, 7) is 4.70. The normalized spacial score (nSPS) is 24.6. The van der Waals surface area contributed by atoms with Gasteiger partial charge < -0.3 is 9.84 Å². The third-order valence-electron chi connectivity index (χ3n) is 5.47. The maximum absolute atomic E-state index is 12.4. The summed E-state index contributed by atoms with van der Waals surface area (Å²) in [5.41, 5.74) is 1.62. The minimum atomic E-state index is -0.697. The summed E-state index contributed by atoms with van der Waals surface area (Å²) in [5, 5.41) is 13.9. The number of hydrogen-bond acceptors (Lipinski definition) is 5. The van der Waals surface area contributed by atoms with E-state index >= 15 is 0 Å². The predicted molar refractivity (Wildman–Crippen MR) is 93.7 cm³/mol. The van der Waals surface area contributed by atoms with E-state index in [0.29, 0.717) is 38.2 Å². The number of aliphatic hydroxyl groups is 1. The molecular formula is C18H26N4O3. The lowest BCUT2D eigenvalue weighted by molar-refractivity contribution is -0.0888. The molecule has 2 fully saturated rings. The number of fused-ring (bicyclic) bond motifs is 1. The molecule has 25 heavy (non-hydrogen) atoms. The summed E-state index contributed by atoms with van der Waals surface area (Å²) >= 11 is 0. The second-order valence-corrected chi connectivity index (χ2v) is 7.47. The Labute approximate surface area is 146 Å². The summed E-state index contributed by atoms with van der Waals surface area (Å²) in [5.74, 6) is 0. The van der Waals surface area contributed by atoms with E-state index in [1.165, 1.54) is 4.52 Å². The first-order valence-electron chi connectivity index (χ1n) is 9.18. The Bertz CT molecular complexity index is 806. The zero-order valence-corrected chi connectivity index (χ0v) is 14.7. The second-order valence-electron chi connectivity index (χ2n) is 7.47. The van der Waals surface area contributed by atoms with Gasteiger partial charge in [-0.2, -0.15) is 0 Å². The molecule has 7 heteroatoms. The van der Waals surface area contributed by atoms with Gasteiger partial charge in [-0.3, -0.25) is 14.8 Å². The molecule has 4 rings (SSSR count). The van der Waals surface area contributed by atoms with Crippen molar-refractivity contribution < 1.29 is 9.84 Å². The summed E-state index contributed by atoms with van der Waals surface area (Å²) in [6, 6.07) is 3.62. The van der Waals surface area contributed by atoms with Gasteiger partial charge in [-0.15, -0.1) is 0 Å². The molecule has 2 aromatic heterocycles. The van der Waals surface area contributed by atoms with Crippen molar-refractivity contribution in [3.63, 3.8) is 0 Å². The molecule has 2 aliphatic rings. The molecule has 0 unspecified atom stereocenters. The number of ether oxygens (including phenoxy) is 1. The lowest BCUT2D eigenvalue weighted by Gasteiger charge is -2.42. The first-order chi connectivity index (χ1) is 12.0. The standard InChI is InChI=1S/C18H26N4O3/c1-13-10-16-19-14(11-17(23)22(16)20-13)15-4-2-3-7-21(15)12-18(24)5-8-25-9-6-18/h10-11,15,20,24H,2-9,12H2,1H3/t15-/m0/s1. The van der Waals surface area contributed by atoms with E-state index in [2.05, 4.69) is 10.00 Å². The van der Waals surface area contributed by atoms with Crippen LogP contribution in [0.15, 0.2) is 16.9 Å². The summed E-state index contributed by atoms with van der Waals surface area (Å²) < 4.78 is 6.88. The van der Waals surface area contributed by atoms with Crippen LogP contribution < -0.4 is 5.56 Å². The average molecular weight is 346 g/mol.